The number of fused-ring (bicyclic) bond motifs is 2. The Bertz CT molecular complexity index is 1060. The van der Waals surface area contributed by atoms with Gasteiger partial charge < -0.3 is 18.9 Å². The van der Waals surface area contributed by atoms with Crippen LogP contribution in [0.1, 0.15) is 118 Å². The third-order valence-corrected chi connectivity index (χ3v) is 10.4. The van der Waals surface area contributed by atoms with Gasteiger partial charge in [0, 0.05) is 0 Å². The highest BCUT2D eigenvalue weighted by atomic mass is 19.4. The van der Waals surface area contributed by atoms with Gasteiger partial charge in [-0.3, -0.25) is 0 Å². The van der Waals surface area contributed by atoms with Gasteiger partial charge in [0.2, 0.25) is 0 Å². The van der Waals surface area contributed by atoms with Crippen molar-refractivity contribution in [1.29, 1.82) is 0 Å². The molecule has 3 aliphatic rings. The first kappa shape index (κ1) is 43.6. The number of ether oxygens (including phenoxy) is 4. The second kappa shape index (κ2) is 18.3. The Hall–Kier alpha value is -1.57. The van der Waals surface area contributed by atoms with Crippen molar-refractivity contribution in [3.63, 3.8) is 0 Å². The Labute approximate surface area is 285 Å². The Morgan fingerprint density at radius 1 is 0.673 bits per heavy atom. The maximum absolute atomic E-state index is 12.7. The van der Waals surface area contributed by atoms with E-state index in [1.807, 2.05) is 13.8 Å². The molecule has 0 radical (unpaired) electrons. The Balaban J connectivity index is 0.000000272. The number of hydrogen-bond acceptors (Lipinski definition) is 4. The van der Waals surface area contributed by atoms with E-state index in [4.69, 9.17) is 14.2 Å². The first-order chi connectivity index (χ1) is 22.5. The molecule has 6 unspecified atom stereocenters. The van der Waals surface area contributed by atoms with Crippen LogP contribution >= 0.6 is 0 Å². The number of benzene rings is 1. The van der Waals surface area contributed by atoms with Crippen LogP contribution in [0.5, 0.6) is 0 Å². The predicted octanol–water partition coefficient (Wildman–Crippen LogP) is 11.8. The van der Waals surface area contributed by atoms with Crippen LogP contribution in [0.25, 0.3) is 0 Å². The molecule has 0 amide bonds. The van der Waals surface area contributed by atoms with Gasteiger partial charge in [0.1, 0.15) is 13.6 Å². The second-order valence-corrected chi connectivity index (χ2v) is 14.6. The third-order valence-electron chi connectivity index (χ3n) is 10.4. The summed E-state index contributed by atoms with van der Waals surface area (Å²) in [7, 11) is 0. The molecule has 0 heterocycles. The summed E-state index contributed by atoms with van der Waals surface area (Å²) in [5, 5.41) is 0. The summed E-state index contributed by atoms with van der Waals surface area (Å²) in [5.41, 5.74) is -4.91. The summed E-state index contributed by atoms with van der Waals surface area (Å²) in [6.07, 6.45) is -6.61. The van der Waals surface area contributed by atoms with Gasteiger partial charge in [-0.05, 0) is 101 Å². The molecule has 0 aliphatic heterocycles. The zero-order chi connectivity index (χ0) is 37.3. The second-order valence-electron chi connectivity index (χ2n) is 14.6. The van der Waals surface area contributed by atoms with Crippen LogP contribution < -0.4 is 0 Å². The van der Waals surface area contributed by atoms with Crippen LogP contribution in [0.15, 0.2) is 30.3 Å². The van der Waals surface area contributed by atoms with Gasteiger partial charge in [-0.2, -0.15) is 39.5 Å². The van der Waals surface area contributed by atoms with E-state index in [2.05, 4.69) is 48.9 Å². The fraction of sp³-hybridized carbons (Fsp3) is 0.833. The Kier molecular flexibility index (Phi) is 16.3. The number of hydrogen-bond donors (Lipinski definition) is 0. The highest BCUT2D eigenvalue weighted by Crippen LogP contribution is 2.47. The molecule has 4 rings (SSSR count). The van der Waals surface area contributed by atoms with Crippen LogP contribution in [-0.2, 0) is 18.9 Å². The molecule has 3 fully saturated rings. The molecule has 0 spiro atoms. The minimum absolute atomic E-state index is 0.0167. The van der Waals surface area contributed by atoms with Crippen LogP contribution in [-0.4, -0.2) is 55.5 Å². The number of rotatable bonds is 11. The van der Waals surface area contributed by atoms with Crippen molar-refractivity contribution in [3.8, 4) is 0 Å². The Morgan fingerprint density at radius 2 is 1.22 bits per heavy atom. The summed E-state index contributed by atoms with van der Waals surface area (Å²) in [5.74, 6) is 2.35. The van der Waals surface area contributed by atoms with E-state index < -0.39 is 36.5 Å². The monoisotopic (exact) mass is 722 g/mol. The highest BCUT2D eigenvalue weighted by Gasteiger charge is 2.69. The van der Waals surface area contributed by atoms with Crippen molar-refractivity contribution in [3.05, 3.63) is 35.9 Å². The zero-order valence-corrected chi connectivity index (χ0v) is 29.7. The third kappa shape index (κ3) is 12.6. The van der Waals surface area contributed by atoms with Crippen molar-refractivity contribution in [2.75, 3.05) is 13.6 Å². The van der Waals surface area contributed by atoms with Crippen LogP contribution in [0.3, 0.4) is 0 Å². The van der Waals surface area contributed by atoms with Crippen LogP contribution in [0, 0.1) is 23.7 Å². The standard InChI is InChI=1S/C14H22F6O2.C12H19F3O2.C10H14/c1-9(2)10-6-4-5-7-11(10)21-8-22-12(3,13(15,16)17)14(18,19)20;1-11(2,12(13,14)15)17-7-16-10-6-8-3-4-9(10)5-8;1-3-9(2)10-7-5-4-6-8-10/h9-11H,4-8H2,1-3H3;8-10H,3-7H2,1-2H3;4-9H,3H2,1-2H3. The van der Waals surface area contributed by atoms with E-state index in [-0.39, 0.29) is 37.8 Å². The van der Waals surface area contributed by atoms with Gasteiger partial charge in [0.25, 0.3) is 5.60 Å². The summed E-state index contributed by atoms with van der Waals surface area (Å²) in [6, 6.07) is 10.6. The number of halogens is 9. The molecule has 0 saturated heterocycles. The average Bonchev–Trinajstić information content (AvgIpc) is 3.64. The van der Waals surface area contributed by atoms with Crippen LogP contribution in [0.2, 0.25) is 0 Å². The van der Waals surface area contributed by atoms with Gasteiger partial charge >= 0.3 is 18.5 Å². The average molecular weight is 723 g/mol. The molecule has 0 aromatic heterocycles. The fourth-order valence-electron chi connectivity index (χ4n) is 6.42. The summed E-state index contributed by atoms with van der Waals surface area (Å²) < 4.78 is 133. The summed E-state index contributed by atoms with van der Waals surface area (Å²) in [6.45, 7) is 9.15. The van der Waals surface area contributed by atoms with E-state index >= 15 is 0 Å². The lowest BCUT2D eigenvalue weighted by Crippen LogP contribution is -2.56. The maximum atomic E-state index is 12.7. The zero-order valence-electron chi connectivity index (χ0n) is 29.7. The minimum atomic E-state index is -5.56. The lowest BCUT2D eigenvalue weighted by Gasteiger charge is -2.37. The molecule has 6 atom stereocenters. The molecular weight excluding hydrogens is 667 g/mol. The first-order valence-electron chi connectivity index (χ1n) is 17.3. The van der Waals surface area contributed by atoms with Gasteiger partial charge in [-0.25, -0.2) is 0 Å². The minimum Gasteiger partial charge on any atom is -0.352 e. The fourth-order valence-corrected chi connectivity index (χ4v) is 6.42. The van der Waals surface area contributed by atoms with Crippen molar-refractivity contribution < 1.29 is 58.5 Å². The van der Waals surface area contributed by atoms with E-state index in [1.54, 1.807) is 0 Å². The Morgan fingerprint density at radius 3 is 1.69 bits per heavy atom. The van der Waals surface area contributed by atoms with Gasteiger partial charge in [-0.1, -0.05) is 70.9 Å². The number of alkyl halides is 9. The van der Waals surface area contributed by atoms with E-state index in [1.165, 1.54) is 24.8 Å². The highest BCUT2D eigenvalue weighted by molar-refractivity contribution is 5.18. The normalized spacial score (nSPS) is 25.4. The summed E-state index contributed by atoms with van der Waals surface area (Å²) in [4.78, 5) is 0. The topological polar surface area (TPSA) is 36.9 Å². The summed E-state index contributed by atoms with van der Waals surface area (Å²) >= 11 is 0. The molecular formula is C36H55F9O4. The van der Waals surface area contributed by atoms with Gasteiger partial charge in [0.15, 0.2) is 5.60 Å². The molecule has 13 heteroatoms. The SMILES string of the molecule is CC(C)(OCOC1CC2CCC1C2)C(F)(F)F.CC(C)C1CCCCC1OCOC(C)(C(F)(F)F)C(F)(F)F.CCC(C)c1ccccc1. The molecule has 4 nitrogen and oxygen atoms in total. The van der Waals surface area contributed by atoms with E-state index in [0.29, 0.717) is 18.3 Å². The lowest BCUT2D eigenvalue weighted by molar-refractivity contribution is -0.389. The van der Waals surface area contributed by atoms with Crippen molar-refractivity contribution in [1.82, 2.24) is 0 Å². The molecule has 1 aromatic rings. The molecule has 1 aromatic carbocycles. The van der Waals surface area contributed by atoms with E-state index in [9.17, 15) is 39.5 Å². The molecule has 2 bridgehead atoms. The van der Waals surface area contributed by atoms with E-state index in [0.717, 1.165) is 51.9 Å². The quantitative estimate of drug-likeness (QED) is 0.168. The lowest BCUT2D eigenvalue weighted by atomic mass is 9.79. The predicted molar refractivity (Wildman–Crippen MR) is 170 cm³/mol. The largest absolute Gasteiger partial charge is 0.426 e. The molecule has 3 saturated carbocycles. The van der Waals surface area contributed by atoms with Crippen molar-refractivity contribution in [2.45, 2.75) is 154 Å². The smallest absolute Gasteiger partial charge is 0.352 e. The maximum Gasteiger partial charge on any atom is 0.426 e. The van der Waals surface area contributed by atoms with Gasteiger partial charge in [-0.15, -0.1) is 0 Å². The molecule has 3 aliphatic carbocycles. The van der Waals surface area contributed by atoms with Crippen LogP contribution in [0.4, 0.5) is 39.5 Å². The van der Waals surface area contributed by atoms with Crippen molar-refractivity contribution in [2.24, 2.45) is 23.7 Å². The molecule has 49 heavy (non-hydrogen) atoms. The molecule has 286 valence electrons. The van der Waals surface area contributed by atoms with Gasteiger partial charge in [0.05, 0.1) is 12.2 Å². The first-order valence-corrected chi connectivity index (χ1v) is 17.3. The van der Waals surface area contributed by atoms with Crippen molar-refractivity contribution >= 4 is 0 Å². The molecule has 0 N–H and O–H groups in total.